The van der Waals surface area contributed by atoms with Crippen molar-refractivity contribution in [3.8, 4) is 11.1 Å². The fraction of sp³-hybridized carbons (Fsp3) is 0.145. The molecule has 0 aliphatic heterocycles. The molecule has 0 heterocycles. The number of allylic oxidation sites excluding steroid dienone is 18. The third-order valence-electron chi connectivity index (χ3n) is 11.6. The number of nitrogens with zero attached hydrogens (tertiary/aromatic N) is 2. The predicted octanol–water partition coefficient (Wildman–Crippen LogP) is 14.4. The quantitative estimate of drug-likeness (QED) is 0.118. The van der Waals surface area contributed by atoms with Gasteiger partial charge in [0.25, 0.3) is 0 Å². The molecule has 0 spiro atoms. The Morgan fingerprint density at radius 1 is 0.614 bits per heavy atom. The van der Waals surface area contributed by atoms with Crippen molar-refractivity contribution in [3.05, 3.63) is 240 Å². The lowest BCUT2D eigenvalue weighted by Crippen LogP contribution is -2.27. The lowest BCUT2D eigenvalue weighted by atomic mass is 9.82. The van der Waals surface area contributed by atoms with Gasteiger partial charge in [-0.25, -0.2) is 0 Å². The maximum absolute atomic E-state index is 3.31. The first-order chi connectivity index (χ1) is 28.3. The minimum absolute atomic E-state index is 0.246. The van der Waals surface area contributed by atoms with Crippen LogP contribution in [0.15, 0.2) is 223 Å². The monoisotopic (exact) mass is 736 g/mol. The van der Waals surface area contributed by atoms with Crippen LogP contribution < -0.4 is 9.80 Å². The summed E-state index contributed by atoms with van der Waals surface area (Å²) in [5.74, 6) is 0.527. The van der Waals surface area contributed by atoms with Gasteiger partial charge in [0.05, 0.1) is 11.7 Å². The number of hydrogen-bond acceptors (Lipinski definition) is 2. The molecule has 0 radical (unpaired) electrons. The van der Waals surface area contributed by atoms with Crippen LogP contribution in [0.2, 0.25) is 0 Å². The average molecular weight is 737 g/mol. The van der Waals surface area contributed by atoms with Crippen LogP contribution >= 0.6 is 0 Å². The Morgan fingerprint density at radius 3 is 2.19 bits per heavy atom. The van der Waals surface area contributed by atoms with E-state index < -0.39 is 0 Å². The summed E-state index contributed by atoms with van der Waals surface area (Å²) in [4.78, 5) is 4.77. The molecule has 0 N–H and O–H groups in total. The van der Waals surface area contributed by atoms with E-state index in [1.54, 1.807) is 0 Å². The van der Waals surface area contributed by atoms with E-state index in [-0.39, 0.29) is 6.04 Å². The maximum Gasteiger partial charge on any atom is 0.0630 e. The SMILES string of the molecule is C1=CCC(N(/C=C/C=C/C=C\C2=CC=C3CC=CC=C3C2)c2ccc(-c3ccc(N(c4ccccc4)c4cc5c6cc4C/C=C\C=C\CC6CC=C5)cc3)cc2)C=1. The van der Waals surface area contributed by atoms with Gasteiger partial charge in [-0.3, -0.25) is 0 Å². The third kappa shape index (κ3) is 8.19. The first-order valence-corrected chi connectivity index (χ1v) is 20.4. The molecule has 0 saturated carbocycles. The molecular weight excluding hydrogens is 689 g/mol. The smallest absolute Gasteiger partial charge is 0.0630 e. The predicted molar refractivity (Wildman–Crippen MR) is 243 cm³/mol. The molecule has 0 aromatic heterocycles. The van der Waals surface area contributed by atoms with Gasteiger partial charge in [0.1, 0.15) is 0 Å². The zero-order valence-corrected chi connectivity index (χ0v) is 32.4. The Kier molecular flexibility index (Phi) is 10.8. The summed E-state index contributed by atoms with van der Waals surface area (Å²) >= 11 is 0. The van der Waals surface area contributed by atoms with Crippen LogP contribution in [0.5, 0.6) is 0 Å². The van der Waals surface area contributed by atoms with E-state index in [1.165, 1.54) is 50.2 Å². The molecule has 0 amide bonds. The fourth-order valence-electron chi connectivity index (χ4n) is 8.51. The molecule has 2 atom stereocenters. The van der Waals surface area contributed by atoms with Crippen LogP contribution in [-0.4, -0.2) is 6.04 Å². The minimum Gasteiger partial charge on any atom is -0.340 e. The summed E-state index contributed by atoms with van der Waals surface area (Å²) < 4.78 is 0. The van der Waals surface area contributed by atoms with E-state index in [0.717, 1.165) is 55.6 Å². The standard InChI is InChI=1S/C55H48N2/c1-2-8-21-49-40-54-46(19-7-1)22-16-23-48(54)41-55(49)57(52-26-9-5-10-27-52)53-36-32-45(33-37-53)44-30-34-51(35-31-44)56(50-24-13-14-25-50)38-15-4-3-6-17-42-28-29-43-18-11-12-20-47(43)39-42/h1-13,15-17,20,23,25-38,40-41,46,50H,18-19,21-22,24,39H2/b4-3+,7-1+,8-2-,17-6-,38-15+. The zero-order chi connectivity index (χ0) is 38.2. The Morgan fingerprint density at radius 2 is 1.37 bits per heavy atom. The Hall–Kier alpha value is -6.60. The van der Waals surface area contributed by atoms with Gasteiger partial charge < -0.3 is 9.80 Å². The van der Waals surface area contributed by atoms with Crippen LogP contribution in [0, 0.1) is 0 Å². The lowest BCUT2D eigenvalue weighted by molar-refractivity contribution is 0.703. The number of para-hydroxylation sites is 1. The van der Waals surface area contributed by atoms with Crippen molar-refractivity contribution in [2.24, 2.45) is 0 Å². The van der Waals surface area contributed by atoms with Gasteiger partial charge in [-0.15, -0.1) is 5.73 Å². The summed E-state index contributed by atoms with van der Waals surface area (Å²) in [5, 5.41) is 0. The molecule has 57 heavy (non-hydrogen) atoms. The molecular formula is C55H48N2. The molecule has 5 aliphatic rings. The Labute approximate surface area is 338 Å². The van der Waals surface area contributed by atoms with Gasteiger partial charge >= 0.3 is 0 Å². The summed E-state index contributed by atoms with van der Waals surface area (Å²) in [7, 11) is 0. The second-order valence-corrected chi connectivity index (χ2v) is 15.3. The molecule has 4 aromatic rings. The first kappa shape index (κ1) is 36.1. The molecule has 2 unspecified atom stereocenters. The van der Waals surface area contributed by atoms with Crippen LogP contribution in [0.3, 0.4) is 0 Å². The van der Waals surface area contributed by atoms with Crippen molar-refractivity contribution in [1.29, 1.82) is 0 Å². The molecule has 5 aliphatic carbocycles. The Balaban J connectivity index is 0.942. The molecule has 0 fully saturated rings. The maximum atomic E-state index is 3.31. The molecule has 9 rings (SSSR count). The number of hydrogen-bond donors (Lipinski definition) is 0. The molecule has 2 bridgehead atoms. The van der Waals surface area contributed by atoms with E-state index >= 15 is 0 Å². The van der Waals surface area contributed by atoms with Crippen molar-refractivity contribution in [2.45, 2.75) is 50.5 Å². The van der Waals surface area contributed by atoms with Gasteiger partial charge in [-0.1, -0.05) is 140 Å². The van der Waals surface area contributed by atoms with Crippen LogP contribution in [0.25, 0.3) is 17.2 Å². The molecule has 0 saturated heterocycles. The summed E-state index contributed by atoms with van der Waals surface area (Å²) in [6, 6.07) is 34.0. The topological polar surface area (TPSA) is 6.48 Å². The number of fused-ring (bicyclic) bond motifs is 2. The van der Waals surface area contributed by atoms with E-state index in [4.69, 9.17) is 0 Å². The zero-order valence-electron chi connectivity index (χ0n) is 32.4. The highest BCUT2D eigenvalue weighted by Gasteiger charge is 2.23. The second kappa shape index (κ2) is 17.0. The van der Waals surface area contributed by atoms with E-state index in [0.29, 0.717) is 5.92 Å². The van der Waals surface area contributed by atoms with E-state index in [2.05, 4.69) is 222 Å². The van der Waals surface area contributed by atoms with Crippen LogP contribution in [0.4, 0.5) is 22.7 Å². The van der Waals surface area contributed by atoms with Gasteiger partial charge in [0.15, 0.2) is 0 Å². The van der Waals surface area contributed by atoms with Crippen molar-refractivity contribution in [2.75, 3.05) is 9.80 Å². The Bertz CT molecular complexity index is 2480. The van der Waals surface area contributed by atoms with Crippen molar-refractivity contribution >= 4 is 28.8 Å². The van der Waals surface area contributed by atoms with Crippen molar-refractivity contribution in [3.63, 3.8) is 0 Å². The average Bonchev–Trinajstić information content (AvgIpc) is 3.81. The highest BCUT2D eigenvalue weighted by Crippen LogP contribution is 2.43. The highest BCUT2D eigenvalue weighted by atomic mass is 15.1. The summed E-state index contributed by atoms with van der Waals surface area (Å²) in [6.45, 7) is 0. The minimum atomic E-state index is 0.246. The van der Waals surface area contributed by atoms with Crippen LogP contribution in [-0.2, 0) is 6.42 Å². The number of anilines is 4. The van der Waals surface area contributed by atoms with E-state index in [9.17, 15) is 0 Å². The number of rotatable bonds is 10. The van der Waals surface area contributed by atoms with Gasteiger partial charge in [0.2, 0.25) is 0 Å². The first-order valence-electron chi connectivity index (χ1n) is 20.4. The van der Waals surface area contributed by atoms with Gasteiger partial charge in [-0.05, 0) is 150 Å². The summed E-state index contributed by atoms with van der Waals surface area (Å²) in [5.41, 5.74) is 18.8. The van der Waals surface area contributed by atoms with Gasteiger partial charge in [-0.2, -0.15) is 0 Å². The second-order valence-electron chi connectivity index (χ2n) is 15.3. The molecule has 2 nitrogen and oxygen atoms in total. The molecule has 4 aromatic carbocycles. The third-order valence-corrected chi connectivity index (χ3v) is 11.6. The van der Waals surface area contributed by atoms with E-state index in [1.807, 2.05) is 0 Å². The van der Waals surface area contributed by atoms with Gasteiger partial charge in [0, 0.05) is 23.3 Å². The number of benzene rings is 4. The van der Waals surface area contributed by atoms with Crippen molar-refractivity contribution < 1.29 is 0 Å². The molecule has 2 heteroatoms. The fourth-order valence-corrected chi connectivity index (χ4v) is 8.51. The normalized spacial score (nSPS) is 20.4. The summed E-state index contributed by atoms with van der Waals surface area (Å²) in [6.07, 6.45) is 48.1. The largest absolute Gasteiger partial charge is 0.340 e. The molecule has 278 valence electrons. The lowest BCUT2D eigenvalue weighted by Gasteiger charge is -2.31. The van der Waals surface area contributed by atoms with Crippen LogP contribution in [0.1, 0.15) is 54.7 Å². The van der Waals surface area contributed by atoms with Crippen molar-refractivity contribution in [1.82, 2.24) is 0 Å². The highest BCUT2D eigenvalue weighted by molar-refractivity contribution is 5.82.